The van der Waals surface area contributed by atoms with E-state index >= 15 is 0 Å². The molecule has 3 fully saturated rings. The van der Waals surface area contributed by atoms with Gasteiger partial charge < -0.3 is 0 Å². The fourth-order valence-electron chi connectivity index (χ4n) is 5.60. The number of rotatable bonds is 1. The number of allylic oxidation sites excluding steroid dienone is 2. The molecule has 2 bridgehead atoms. The molecule has 0 aromatic heterocycles. The van der Waals surface area contributed by atoms with Crippen LogP contribution < -0.4 is 4.90 Å². The van der Waals surface area contributed by atoms with Crippen molar-refractivity contribution in [3.05, 3.63) is 54.6 Å². The summed E-state index contributed by atoms with van der Waals surface area (Å²) in [6, 6.07) is 13.8. The van der Waals surface area contributed by atoms with Gasteiger partial charge in [-0.05, 0) is 41.5 Å². The van der Waals surface area contributed by atoms with E-state index in [4.69, 9.17) is 0 Å². The van der Waals surface area contributed by atoms with Crippen LogP contribution in [0.25, 0.3) is 10.8 Å². The molecule has 24 heavy (non-hydrogen) atoms. The molecule has 0 unspecified atom stereocenters. The van der Waals surface area contributed by atoms with Gasteiger partial charge in [-0.15, -0.1) is 0 Å². The van der Waals surface area contributed by atoms with Gasteiger partial charge in [-0.3, -0.25) is 9.59 Å². The van der Waals surface area contributed by atoms with Crippen molar-refractivity contribution in [2.24, 2.45) is 35.5 Å². The molecular formula is C21H17NO2. The molecule has 2 saturated carbocycles. The summed E-state index contributed by atoms with van der Waals surface area (Å²) >= 11 is 0. The number of hydrogen-bond acceptors (Lipinski definition) is 2. The molecule has 2 aromatic carbocycles. The Kier molecular flexibility index (Phi) is 2.24. The van der Waals surface area contributed by atoms with Gasteiger partial charge in [0.1, 0.15) is 0 Å². The van der Waals surface area contributed by atoms with Gasteiger partial charge in [-0.2, -0.15) is 0 Å². The van der Waals surface area contributed by atoms with Crippen LogP contribution in [0, 0.1) is 35.5 Å². The molecule has 1 saturated heterocycles. The number of carbonyl (C=O) groups is 2. The van der Waals surface area contributed by atoms with Crippen molar-refractivity contribution < 1.29 is 9.59 Å². The van der Waals surface area contributed by atoms with Crippen LogP contribution >= 0.6 is 0 Å². The zero-order valence-electron chi connectivity index (χ0n) is 13.1. The fourth-order valence-corrected chi connectivity index (χ4v) is 5.60. The summed E-state index contributed by atoms with van der Waals surface area (Å²) in [5.74, 6) is 1.63. The fraction of sp³-hybridized carbons (Fsp3) is 0.333. The normalized spacial score (nSPS) is 38.6. The largest absolute Gasteiger partial charge is 0.274 e. The Morgan fingerprint density at radius 3 is 2.12 bits per heavy atom. The minimum atomic E-state index is -0.129. The number of carbonyl (C=O) groups excluding carboxylic acids is 2. The lowest BCUT2D eigenvalue weighted by molar-refractivity contribution is -0.124. The minimum absolute atomic E-state index is 0.0195. The van der Waals surface area contributed by atoms with E-state index in [0.29, 0.717) is 11.8 Å². The molecule has 3 heteroatoms. The number of nitrogens with zero attached hydrogens (tertiary/aromatic N) is 1. The van der Waals surface area contributed by atoms with Crippen LogP contribution in [0.4, 0.5) is 5.69 Å². The lowest BCUT2D eigenvalue weighted by Gasteiger charge is -2.37. The van der Waals surface area contributed by atoms with Crippen molar-refractivity contribution in [1.82, 2.24) is 0 Å². The molecule has 5 aliphatic rings. The van der Waals surface area contributed by atoms with Crippen molar-refractivity contribution in [3.63, 3.8) is 0 Å². The van der Waals surface area contributed by atoms with Gasteiger partial charge in [0.2, 0.25) is 11.8 Å². The zero-order valence-corrected chi connectivity index (χ0v) is 13.1. The predicted molar refractivity (Wildman–Crippen MR) is 91.1 cm³/mol. The second-order valence-electron chi connectivity index (χ2n) is 7.66. The second-order valence-corrected chi connectivity index (χ2v) is 7.66. The quantitative estimate of drug-likeness (QED) is 0.597. The predicted octanol–water partition coefficient (Wildman–Crippen LogP) is 3.40. The van der Waals surface area contributed by atoms with Gasteiger partial charge in [0.05, 0.1) is 17.5 Å². The molecule has 7 rings (SSSR count). The summed E-state index contributed by atoms with van der Waals surface area (Å²) in [5.41, 5.74) is 0.755. The lowest BCUT2D eigenvalue weighted by Crippen LogP contribution is -2.40. The minimum Gasteiger partial charge on any atom is -0.274 e. The van der Waals surface area contributed by atoms with Gasteiger partial charge in [0.15, 0.2) is 0 Å². The molecule has 6 atom stereocenters. The molecule has 2 amide bonds. The van der Waals surface area contributed by atoms with Crippen molar-refractivity contribution >= 4 is 28.3 Å². The first-order valence-electron chi connectivity index (χ1n) is 8.79. The van der Waals surface area contributed by atoms with Crippen molar-refractivity contribution in [2.45, 2.75) is 6.42 Å². The van der Waals surface area contributed by atoms with Gasteiger partial charge in [-0.1, -0.05) is 48.6 Å². The van der Waals surface area contributed by atoms with Crippen molar-refractivity contribution in [2.75, 3.05) is 4.90 Å². The number of imide groups is 1. The molecule has 4 aliphatic carbocycles. The van der Waals surface area contributed by atoms with Gasteiger partial charge in [0, 0.05) is 5.39 Å². The average molecular weight is 315 g/mol. The topological polar surface area (TPSA) is 37.4 Å². The molecule has 3 nitrogen and oxygen atoms in total. The van der Waals surface area contributed by atoms with E-state index in [2.05, 4.69) is 12.2 Å². The highest BCUT2D eigenvalue weighted by Gasteiger charge is 2.67. The first-order chi connectivity index (χ1) is 11.8. The van der Waals surface area contributed by atoms with Gasteiger partial charge in [-0.25, -0.2) is 4.90 Å². The average Bonchev–Trinajstić information content (AvgIpc) is 3.39. The van der Waals surface area contributed by atoms with E-state index in [1.807, 2.05) is 42.5 Å². The first kappa shape index (κ1) is 12.9. The highest BCUT2D eigenvalue weighted by atomic mass is 16.2. The lowest BCUT2D eigenvalue weighted by atomic mass is 9.63. The maximum Gasteiger partial charge on any atom is 0.238 e. The third-order valence-electron chi connectivity index (χ3n) is 6.67. The van der Waals surface area contributed by atoms with Crippen molar-refractivity contribution in [1.29, 1.82) is 0 Å². The summed E-state index contributed by atoms with van der Waals surface area (Å²) in [6.07, 6.45) is 5.64. The van der Waals surface area contributed by atoms with Crippen LogP contribution in [0.1, 0.15) is 6.42 Å². The number of benzene rings is 2. The Morgan fingerprint density at radius 1 is 0.792 bits per heavy atom. The Bertz CT molecular complexity index is 905. The van der Waals surface area contributed by atoms with E-state index in [0.717, 1.165) is 16.5 Å². The van der Waals surface area contributed by atoms with E-state index in [1.165, 1.54) is 11.3 Å². The summed E-state index contributed by atoms with van der Waals surface area (Å²) in [6.45, 7) is 0. The number of amides is 2. The van der Waals surface area contributed by atoms with Gasteiger partial charge >= 0.3 is 0 Å². The van der Waals surface area contributed by atoms with Crippen LogP contribution in [-0.4, -0.2) is 11.8 Å². The molecule has 0 radical (unpaired) electrons. The van der Waals surface area contributed by atoms with Gasteiger partial charge in [0.25, 0.3) is 0 Å². The summed E-state index contributed by atoms with van der Waals surface area (Å²) in [4.78, 5) is 27.9. The molecule has 0 spiro atoms. The molecular weight excluding hydrogens is 298 g/mol. The van der Waals surface area contributed by atoms with E-state index < -0.39 is 0 Å². The highest BCUT2D eigenvalue weighted by Crippen LogP contribution is 2.65. The summed E-state index contributed by atoms with van der Waals surface area (Å²) in [5, 5.41) is 2.04. The molecule has 0 N–H and O–H groups in total. The molecule has 1 aliphatic heterocycles. The summed E-state index contributed by atoms with van der Waals surface area (Å²) in [7, 11) is 0. The summed E-state index contributed by atoms with van der Waals surface area (Å²) < 4.78 is 0. The highest BCUT2D eigenvalue weighted by molar-refractivity contribution is 6.25. The Labute approximate surface area is 139 Å². The standard InChI is InChI=1S/C21H17NO2/c23-20-18-13-8-9-14(16-10-15(13)16)19(18)21(24)22(20)17-7-3-5-11-4-1-2-6-12(11)17/h1-9,13-16,18-19H,10H2/t13-,14+,15-,16-,18-,19+/m1/s1. The second kappa shape index (κ2) is 4.15. The zero-order chi connectivity index (χ0) is 16.0. The van der Waals surface area contributed by atoms with E-state index in [9.17, 15) is 9.59 Å². The van der Waals surface area contributed by atoms with E-state index in [-0.39, 0.29) is 35.5 Å². The number of fused-ring (bicyclic) bond motifs is 1. The number of hydrogen-bond donors (Lipinski definition) is 0. The Hall–Kier alpha value is -2.42. The Morgan fingerprint density at radius 2 is 1.42 bits per heavy atom. The molecule has 118 valence electrons. The van der Waals surface area contributed by atoms with Crippen LogP contribution in [-0.2, 0) is 9.59 Å². The smallest absolute Gasteiger partial charge is 0.238 e. The molecule has 1 heterocycles. The van der Waals surface area contributed by atoms with Crippen LogP contribution in [0.3, 0.4) is 0 Å². The molecule has 2 aromatic rings. The maximum atomic E-state index is 13.2. The van der Waals surface area contributed by atoms with Crippen LogP contribution in [0.5, 0.6) is 0 Å². The monoisotopic (exact) mass is 315 g/mol. The number of anilines is 1. The van der Waals surface area contributed by atoms with Crippen LogP contribution in [0.2, 0.25) is 0 Å². The van der Waals surface area contributed by atoms with Crippen molar-refractivity contribution in [3.8, 4) is 0 Å². The maximum absolute atomic E-state index is 13.2. The SMILES string of the molecule is O=C1[C@@H]2[C@@H]3C=C[C@@H]([C@H]4C[C@H]34)[C@@H]2C(=O)N1c1cccc2ccccc12. The van der Waals surface area contributed by atoms with Crippen LogP contribution in [0.15, 0.2) is 54.6 Å². The third kappa shape index (κ3) is 1.40. The Balaban J connectivity index is 1.52. The third-order valence-corrected chi connectivity index (χ3v) is 6.67. The van der Waals surface area contributed by atoms with E-state index in [1.54, 1.807) is 0 Å². The first-order valence-corrected chi connectivity index (χ1v) is 8.79.